The first kappa shape index (κ1) is 22.8. The van der Waals surface area contributed by atoms with Crippen molar-refractivity contribution in [1.82, 2.24) is 4.98 Å². The molecule has 1 amide bonds. The van der Waals surface area contributed by atoms with E-state index >= 15 is 0 Å². The summed E-state index contributed by atoms with van der Waals surface area (Å²) in [6, 6.07) is 18.8. The van der Waals surface area contributed by atoms with E-state index in [4.69, 9.17) is 0 Å². The fourth-order valence-corrected chi connectivity index (χ4v) is 7.36. The summed E-state index contributed by atoms with van der Waals surface area (Å²) in [5.74, 6) is 1.87. The highest BCUT2D eigenvalue weighted by Gasteiger charge is 2.51. The number of amides is 1. The Kier molecular flexibility index (Phi) is 5.55. The molecule has 4 aliphatic carbocycles. The van der Waals surface area contributed by atoms with Crippen LogP contribution in [0, 0.1) is 17.8 Å². The molecule has 1 aromatic heterocycles. The minimum atomic E-state index is -1.03. The van der Waals surface area contributed by atoms with E-state index < -0.39 is 5.97 Å². The summed E-state index contributed by atoms with van der Waals surface area (Å²) in [4.78, 5) is 30.4. The highest BCUT2D eigenvalue weighted by molar-refractivity contribution is 6.04. The Balaban J connectivity index is 1.14. The lowest BCUT2D eigenvalue weighted by molar-refractivity contribution is -0.00518. The van der Waals surface area contributed by atoms with Gasteiger partial charge in [0.15, 0.2) is 0 Å². The lowest BCUT2D eigenvalue weighted by Gasteiger charge is -2.57. The van der Waals surface area contributed by atoms with Gasteiger partial charge in [-0.25, -0.2) is 9.78 Å². The minimum Gasteiger partial charge on any atom is -0.478 e. The highest BCUT2D eigenvalue weighted by Crippen LogP contribution is 2.60. The fraction of sp³-hybridized carbons (Fsp3) is 0.367. The Morgan fingerprint density at radius 2 is 1.53 bits per heavy atom. The molecule has 0 unspecified atom stereocenters. The van der Waals surface area contributed by atoms with Gasteiger partial charge in [0, 0.05) is 30.2 Å². The number of rotatable bonds is 6. The lowest BCUT2D eigenvalue weighted by Crippen LogP contribution is -2.48. The molecule has 6 heteroatoms. The first-order valence-corrected chi connectivity index (χ1v) is 12.8. The topological polar surface area (TPSA) is 82.5 Å². The van der Waals surface area contributed by atoms with Crippen LogP contribution in [0.4, 0.5) is 17.2 Å². The van der Waals surface area contributed by atoms with Crippen LogP contribution in [0.25, 0.3) is 0 Å². The molecule has 3 aromatic rings. The van der Waals surface area contributed by atoms with Gasteiger partial charge in [0.05, 0.1) is 0 Å². The van der Waals surface area contributed by atoms with Gasteiger partial charge in [-0.15, -0.1) is 0 Å². The molecular formula is C30H31N3O3. The fourth-order valence-electron chi connectivity index (χ4n) is 7.36. The molecular weight excluding hydrogens is 450 g/mol. The number of benzene rings is 2. The van der Waals surface area contributed by atoms with Gasteiger partial charge >= 0.3 is 5.97 Å². The zero-order chi connectivity index (χ0) is 24.9. The molecule has 36 heavy (non-hydrogen) atoms. The zero-order valence-corrected chi connectivity index (χ0v) is 20.5. The van der Waals surface area contributed by atoms with Crippen molar-refractivity contribution in [3.05, 3.63) is 83.6 Å². The summed E-state index contributed by atoms with van der Waals surface area (Å²) in [6.45, 7) is 0. The predicted octanol–water partition coefficient (Wildman–Crippen LogP) is 6.27. The van der Waals surface area contributed by atoms with E-state index in [-0.39, 0.29) is 11.5 Å². The van der Waals surface area contributed by atoms with E-state index in [9.17, 15) is 14.7 Å². The zero-order valence-electron chi connectivity index (χ0n) is 20.5. The van der Waals surface area contributed by atoms with Gasteiger partial charge in [-0.3, -0.25) is 4.79 Å². The molecule has 4 bridgehead atoms. The average Bonchev–Trinajstić information content (AvgIpc) is 2.88. The maximum atomic E-state index is 12.9. The normalized spacial score (nSPS) is 26.0. The summed E-state index contributed by atoms with van der Waals surface area (Å²) in [7, 11) is 1.76. The van der Waals surface area contributed by atoms with Gasteiger partial charge < -0.3 is 15.3 Å². The summed E-state index contributed by atoms with van der Waals surface area (Å²) in [6.07, 6.45) is 9.86. The van der Waals surface area contributed by atoms with Crippen LogP contribution < -0.4 is 10.2 Å². The van der Waals surface area contributed by atoms with Gasteiger partial charge in [0.1, 0.15) is 11.4 Å². The molecule has 184 valence electrons. The van der Waals surface area contributed by atoms with Crippen LogP contribution >= 0.6 is 0 Å². The van der Waals surface area contributed by atoms with Crippen molar-refractivity contribution < 1.29 is 14.7 Å². The molecule has 1 heterocycles. The van der Waals surface area contributed by atoms with Crippen LogP contribution in [0.5, 0.6) is 0 Å². The smallest absolute Gasteiger partial charge is 0.339 e. The Morgan fingerprint density at radius 1 is 0.917 bits per heavy atom. The molecule has 4 saturated carbocycles. The number of carboxylic acids is 1. The number of nitrogens with zero attached hydrogens (tertiary/aromatic N) is 2. The predicted molar refractivity (Wildman–Crippen MR) is 140 cm³/mol. The third-order valence-corrected chi connectivity index (χ3v) is 8.64. The molecule has 0 radical (unpaired) electrons. The molecule has 6 nitrogen and oxygen atoms in total. The lowest BCUT2D eigenvalue weighted by atomic mass is 9.48. The number of aromatic carboxylic acids is 1. The number of carboxylic acid groups (broad SMARTS) is 1. The first-order chi connectivity index (χ1) is 17.4. The van der Waals surface area contributed by atoms with Crippen LogP contribution in [-0.2, 0) is 5.41 Å². The first-order valence-electron chi connectivity index (χ1n) is 12.8. The van der Waals surface area contributed by atoms with Crippen molar-refractivity contribution in [3.8, 4) is 0 Å². The molecule has 0 aliphatic heterocycles. The maximum absolute atomic E-state index is 12.9. The highest BCUT2D eigenvalue weighted by atomic mass is 16.4. The molecule has 4 fully saturated rings. The standard InChI is InChI=1S/C30H31N3O3/c1-33(27-26(29(35)36)3-2-12-31-27)25-10-4-22(5-11-25)28(34)32-24-8-6-23(7-9-24)30-16-19-13-20(17-30)15-21(14-19)18-30/h2-12,19-21H,13-18H2,1H3,(H,32,34)(H,35,36). The Labute approximate surface area is 211 Å². The van der Waals surface area contributed by atoms with Crippen molar-refractivity contribution in [2.75, 3.05) is 17.3 Å². The SMILES string of the molecule is CN(c1ccc(C(=O)Nc2ccc(C34CC5CC(CC(C5)C3)C4)cc2)cc1)c1ncccc1C(=O)O. The van der Waals surface area contributed by atoms with Crippen molar-refractivity contribution in [2.45, 2.75) is 43.9 Å². The number of carbonyl (C=O) groups is 2. The average molecular weight is 482 g/mol. The van der Waals surface area contributed by atoms with E-state index in [1.54, 1.807) is 48.5 Å². The number of pyridine rings is 1. The third-order valence-electron chi connectivity index (χ3n) is 8.64. The number of anilines is 3. The van der Waals surface area contributed by atoms with Crippen molar-refractivity contribution >= 4 is 29.1 Å². The second-order valence-electron chi connectivity index (χ2n) is 11.0. The van der Waals surface area contributed by atoms with Crippen molar-refractivity contribution in [1.29, 1.82) is 0 Å². The van der Waals surface area contributed by atoms with Crippen LogP contribution in [0.2, 0.25) is 0 Å². The molecule has 0 spiro atoms. The molecule has 0 atom stereocenters. The van der Waals surface area contributed by atoms with Crippen LogP contribution in [-0.4, -0.2) is 29.0 Å². The Bertz CT molecular complexity index is 1260. The summed E-state index contributed by atoms with van der Waals surface area (Å²) < 4.78 is 0. The number of carbonyl (C=O) groups excluding carboxylic acids is 1. The van der Waals surface area contributed by atoms with Gasteiger partial charge in [0.2, 0.25) is 0 Å². The van der Waals surface area contributed by atoms with E-state index in [2.05, 4.69) is 22.4 Å². The van der Waals surface area contributed by atoms with Crippen LogP contribution in [0.1, 0.15) is 64.8 Å². The van der Waals surface area contributed by atoms with Gasteiger partial charge in [-0.1, -0.05) is 12.1 Å². The van der Waals surface area contributed by atoms with E-state index in [1.807, 2.05) is 12.1 Å². The molecule has 2 aromatic carbocycles. The van der Waals surface area contributed by atoms with Crippen molar-refractivity contribution in [3.63, 3.8) is 0 Å². The molecule has 0 saturated heterocycles. The second-order valence-corrected chi connectivity index (χ2v) is 11.0. The monoisotopic (exact) mass is 481 g/mol. The quantitative estimate of drug-likeness (QED) is 0.434. The number of nitrogens with one attached hydrogen (secondary N) is 1. The number of hydrogen-bond donors (Lipinski definition) is 2. The van der Waals surface area contributed by atoms with Crippen LogP contribution in [0.15, 0.2) is 66.9 Å². The van der Waals surface area contributed by atoms with Crippen LogP contribution in [0.3, 0.4) is 0 Å². The molecule has 4 aliphatic rings. The summed E-state index contributed by atoms with van der Waals surface area (Å²) in [5, 5.41) is 12.5. The van der Waals surface area contributed by atoms with Gasteiger partial charge in [-0.2, -0.15) is 0 Å². The van der Waals surface area contributed by atoms with Gasteiger partial charge in [0.25, 0.3) is 5.91 Å². The number of aromatic nitrogens is 1. The largest absolute Gasteiger partial charge is 0.478 e. The minimum absolute atomic E-state index is 0.124. The van der Waals surface area contributed by atoms with Gasteiger partial charge in [-0.05, 0) is 116 Å². The number of hydrogen-bond acceptors (Lipinski definition) is 4. The van der Waals surface area contributed by atoms with Crippen molar-refractivity contribution in [2.24, 2.45) is 17.8 Å². The summed E-state index contributed by atoms with van der Waals surface area (Å²) >= 11 is 0. The Hall–Kier alpha value is -3.67. The maximum Gasteiger partial charge on any atom is 0.339 e. The third kappa shape index (κ3) is 4.04. The van der Waals surface area contributed by atoms with E-state index in [1.165, 1.54) is 50.2 Å². The van der Waals surface area contributed by atoms with E-state index in [0.717, 1.165) is 29.1 Å². The molecule has 2 N–H and O–H groups in total. The second kappa shape index (κ2) is 8.77. The summed E-state index contributed by atoms with van der Waals surface area (Å²) in [5.41, 5.74) is 4.01. The van der Waals surface area contributed by atoms with E-state index in [0.29, 0.717) is 16.8 Å². The molecule has 7 rings (SSSR count). The Morgan fingerprint density at radius 3 is 2.11 bits per heavy atom.